The number of carbonyl (C=O) groups is 1. The molecule has 0 radical (unpaired) electrons. The Labute approximate surface area is 196 Å². The van der Waals surface area contributed by atoms with Gasteiger partial charge in [0.25, 0.3) is 0 Å². The number of amides is 1. The lowest BCUT2D eigenvalue weighted by atomic mass is 10.1. The van der Waals surface area contributed by atoms with Crippen LogP contribution in [0.5, 0.6) is 0 Å². The second-order valence-electron chi connectivity index (χ2n) is 8.74. The zero-order chi connectivity index (χ0) is 23.3. The monoisotopic (exact) mass is 471 g/mol. The van der Waals surface area contributed by atoms with Crippen molar-refractivity contribution in [3.8, 4) is 0 Å². The van der Waals surface area contributed by atoms with Crippen LogP contribution in [-0.2, 0) is 39.1 Å². The van der Waals surface area contributed by atoms with Gasteiger partial charge in [-0.05, 0) is 48.1 Å². The Morgan fingerprint density at radius 2 is 1.61 bits per heavy atom. The lowest BCUT2D eigenvalue weighted by Crippen LogP contribution is -2.40. The zero-order valence-corrected chi connectivity index (χ0v) is 20.0. The molecule has 2 aromatic rings. The van der Waals surface area contributed by atoms with E-state index in [9.17, 15) is 13.2 Å². The van der Waals surface area contributed by atoms with E-state index in [-0.39, 0.29) is 10.8 Å². The molecule has 1 amide bonds. The number of hydrogen-bond donors (Lipinski definition) is 1. The van der Waals surface area contributed by atoms with Crippen LogP contribution >= 0.6 is 0 Å². The first kappa shape index (κ1) is 23.9. The molecule has 1 saturated carbocycles. The molecular formula is C25H33N3O4S. The number of nitrogens with one attached hydrogen (secondary N) is 1. The van der Waals surface area contributed by atoms with E-state index in [1.54, 1.807) is 24.3 Å². The average molecular weight is 472 g/mol. The Morgan fingerprint density at radius 1 is 1.00 bits per heavy atom. The van der Waals surface area contributed by atoms with Crippen LogP contribution in [0.2, 0.25) is 0 Å². The van der Waals surface area contributed by atoms with Crippen LogP contribution in [0.4, 0.5) is 0 Å². The molecule has 0 atom stereocenters. The van der Waals surface area contributed by atoms with E-state index in [0.29, 0.717) is 45.4 Å². The smallest absolute Gasteiger partial charge is 0.243 e. The summed E-state index contributed by atoms with van der Waals surface area (Å²) in [5.41, 5.74) is 3.42. The maximum atomic E-state index is 12.7. The number of nitrogens with zero attached hydrogens (tertiary/aromatic N) is 2. The summed E-state index contributed by atoms with van der Waals surface area (Å²) in [5.74, 6) is -0.0166. The van der Waals surface area contributed by atoms with Gasteiger partial charge in [0.1, 0.15) is 0 Å². The standard InChI is InChI=1S/C25H33N3O4S/c1-2-20-3-5-22(6-4-20)18-27(23-9-10-23)19-25(29)26-17-21-7-11-24(12-8-21)33(30,31)28-13-15-32-16-14-28/h3-8,11-12,23H,2,9-10,13-19H2,1H3,(H,26,29). The molecule has 7 nitrogen and oxygen atoms in total. The number of hydrogen-bond acceptors (Lipinski definition) is 5. The van der Waals surface area contributed by atoms with Gasteiger partial charge in [-0.2, -0.15) is 4.31 Å². The van der Waals surface area contributed by atoms with Gasteiger partial charge in [-0.15, -0.1) is 0 Å². The third kappa shape index (κ3) is 6.41. The first-order valence-corrected chi connectivity index (χ1v) is 13.1. The molecule has 1 aliphatic carbocycles. The fraction of sp³-hybridized carbons (Fsp3) is 0.480. The van der Waals surface area contributed by atoms with Crippen molar-refractivity contribution in [3.63, 3.8) is 0 Å². The van der Waals surface area contributed by atoms with Crippen LogP contribution in [0.1, 0.15) is 36.5 Å². The number of morpholine rings is 1. The topological polar surface area (TPSA) is 79.0 Å². The quantitative estimate of drug-likeness (QED) is 0.576. The van der Waals surface area contributed by atoms with Crippen molar-refractivity contribution in [2.24, 2.45) is 0 Å². The first-order chi connectivity index (χ1) is 16.0. The van der Waals surface area contributed by atoms with Gasteiger partial charge >= 0.3 is 0 Å². The second-order valence-corrected chi connectivity index (χ2v) is 10.7. The van der Waals surface area contributed by atoms with Gasteiger partial charge in [0.15, 0.2) is 0 Å². The van der Waals surface area contributed by atoms with Gasteiger partial charge in [0.2, 0.25) is 15.9 Å². The maximum absolute atomic E-state index is 12.7. The van der Waals surface area contributed by atoms with Gasteiger partial charge in [0.05, 0.1) is 24.7 Å². The summed E-state index contributed by atoms with van der Waals surface area (Å²) < 4.78 is 32.2. The van der Waals surface area contributed by atoms with Crippen molar-refractivity contribution >= 4 is 15.9 Å². The number of carbonyl (C=O) groups excluding carboxylic acids is 1. The van der Waals surface area contributed by atoms with Crippen LogP contribution in [0.25, 0.3) is 0 Å². The highest BCUT2D eigenvalue weighted by molar-refractivity contribution is 7.89. The Balaban J connectivity index is 1.29. The molecule has 8 heteroatoms. The van der Waals surface area contributed by atoms with Crippen molar-refractivity contribution in [3.05, 3.63) is 65.2 Å². The molecule has 0 spiro atoms. The Morgan fingerprint density at radius 3 is 2.21 bits per heavy atom. The van der Waals surface area contributed by atoms with Gasteiger partial charge in [0, 0.05) is 32.2 Å². The van der Waals surface area contributed by atoms with E-state index >= 15 is 0 Å². The molecule has 2 aliphatic rings. The summed E-state index contributed by atoms with van der Waals surface area (Å²) in [4.78, 5) is 15.1. The Bertz CT molecular complexity index is 1030. The minimum atomic E-state index is -3.50. The molecule has 2 fully saturated rings. The third-order valence-electron chi connectivity index (χ3n) is 6.25. The van der Waals surface area contributed by atoms with Gasteiger partial charge in [-0.25, -0.2) is 8.42 Å². The van der Waals surface area contributed by atoms with Crippen LogP contribution in [0, 0.1) is 0 Å². The van der Waals surface area contributed by atoms with Crippen LogP contribution in [0.3, 0.4) is 0 Å². The lowest BCUT2D eigenvalue weighted by Gasteiger charge is -2.26. The highest BCUT2D eigenvalue weighted by Crippen LogP contribution is 2.28. The van der Waals surface area contributed by atoms with E-state index in [2.05, 4.69) is 41.4 Å². The number of ether oxygens (including phenoxy) is 1. The van der Waals surface area contributed by atoms with E-state index < -0.39 is 10.0 Å². The summed E-state index contributed by atoms with van der Waals surface area (Å²) in [6.45, 7) is 5.25. The molecule has 1 saturated heterocycles. The summed E-state index contributed by atoms with van der Waals surface area (Å²) in [7, 11) is -3.50. The van der Waals surface area contributed by atoms with E-state index in [4.69, 9.17) is 4.74 Å². The summed E-state index contributed by atoms with van der Waals surface area (Å²) >= 11 is 0. The SMILES string of the molecule is CCc1ccc(CN(CC(=O)NCc2ccc(S(=O)(=O)N3CCOCC3)cc2)C2CC2)cc1. The molecule has 0 bridgehead atoms. The molecule has 2 aromatic carbocycles. The number of aryl methyl sites for hydroxylation is 1. The molecule has 1 aliphatic heterocycles. The fourth-order valence-electron chi connectivity index (χ4n) is 4.02. The minimum Gasteiger partial charge on any atom is -0.379 e. The predicted molar refractivity (Wildman–Crippen MR) is 127 cm³/mol. The van der Waals surface area contributed by atoms with E-state index in [1.165, 1.54) is 15.4 Å². The zero-order valence-electron chi connectivity index (χ0n) is 19.2. The average Bonchev–Trinajstić information content (AvgIpc) is 3.69. The number of benzene rings is 2. The molecule has 4 rings (SSSR count). The molecule has 0 aromatic heterocycles. The van der Waals surface area contributed by atoms with Crippen molar-refractivity contribution in [1.82, 2.24) is 14.5 Å². The summed E-state index contributed by atoms with van der Waals surface area (Å²) in [6, 6.07) is 15.9. The van der Waals surface area contributed by atoms with Crippen LogP contribution in [0.15, 0.2) is 53.4 Å². The van der Waals surface area contributed by atoms with Crippen LogP contribution < -0.4 is 5.32 Å². The summed E-state index contributed by atoms with van der Waals surface area (Å²) in [5, 5.41) is 2.98. The maximum Gasteiger partial charge on any atom is 0.243 e. The van der Waals surface area contributed by atoms with Crippen molar-refractivity contribution in [1.29, 1.82) is 0 Å². The molecular weight excluding hydrogens is 438 g/mol. The fourth-order valence-corrected chi connectivity index (χ4v) is 5.43. The predicted octanol–water partition coefficient (Wildman–Crippen LogP) is 2.55. The normalized spacial score (nSPS) is 17.3. The van der Waals surface area contributed by atoms with E-state index in [1.807, 2.05) is 0 Å². The second kappa shape index (κ2) is 10.8. The highest BCUT2D eigenvalue weighted by Gasteiger charge is 2.30. The Hall–Kier alpha value is -2.26. The summed E-state index contributed by atoms with van der Waals surface area (Å²) in [6.07, 6.45) is 3.30. The number of sulfonamides is 1. The van der Waals surface area contributed by atoms with Crippen molar-refractivity contribution < 1.29 is 17.9 Å². The van der Waals surface area contributed by atoms with Gasteiger partial charge in [-0.3, -0.25) is 9.69 Å². The van der Waals surface area contributed by atoms with Gasteiger partial charge < -0.3 is 10.1 Å². The molecule has 178 valence electrons. The number of rotatable bonds is 10. The Kier molecular flexibility index (Phi) is 7.80. The molecule has 0 unspecified atom stereocenters. The third-order valence-corrected chi connectivity index (χ3v) is 8.16. The lowest BCUT2D eigenvalue weighted by molar-refractivity contribution is -0.122. The van der Waals surface area contributed by atoms with Crippen molar-refractivity contribution in [2.45, 2.75) is 50.2 Å². The molecule has 1 heterocycles. The first-order valence-electron chi connectivity index (χ1n) is 11.7. The van der Waals surface area contributed by atoms with Crippen molar-refractivity contribution in [2.75, 3.05) is 32.8 Å². The largest absolute Gasteiger partial charge is 0.379 e. The van der Waals surface area contributed by atoms with Crippen LogP contribution in [-0.4, -0.2) is 62.4 Å². The molecule has 1 N–H and O–H groups in total. The molecule has 33 heavy (non-hydrogen) atoms. The van der Waals surface area contributed by atoms with E-state index in [0.717, 1.165) is 31.4 Å². The van der Waals surface area contributed by atoms with Gasteiger partial charge in [-0.1, -0.05) is 43.3 Å². The highest BCUT2D eigenvalue weighted by atomic mass is 32.2. The minimum absolute atomic E-state index is 0.0166.